The SMILES string of the molecule is ClC1=NC(Cl)(c2ccc(Cl)cc2)C(c2ccccc2)=N1. The van der Waals surface area contributed by atoms with Gasteiger partial charge in [-0.15, -0.1) is 0 Å². The predicted octanol–water partition coefficient (Wildman–Crippen LogP) is 4.83. The molecule has 0 bridgehead atoms. The van der Waals surface area contributed by atoms with E-state index in [1.807, 2.05) is 42.5 Å². The minimum absolute atomic E-state index is 0.147. The summed E-state index contributed by atoms with van der Waals surface area (Å²) in [7, 11) is 0. The van der Waals surface area contributed by atoms with Crippen LogP contribution in [0.4, 0.5) is 0 Å². The van der Waals surface area contributed by atoms with Crippen molar-refractivity contribution in [3.63, 3.8) is 0 Å². The molecule has 1 unspecified atom stereocenters. The lowest BCUT2D eigenvalue weighted by Crippen LogP contribution is -2.26. The van der Waals surface area contributed by atoms with Gasteiger partial charge in [0.15, 0.2) is 0 Å². The van der Waals surface area contributed by atoms with E-state index in [4.69, 9.17) is 34.8 Å². The molecule has 1 aliphatic heterocycles. The lowest BCUT2D eigenvalue weighted by molar-refractivity contribution is 0.887. The van der Waals surface area contributed by atoms with Gasteiger partial charge in [0, 0.05) is 16.1 Å². The van der Waals surface area contributed by atoms with Crippen LogP contribution in [0.1, 0.15) is 11.1 Å². The average Bonchev–Trinajstić information content (AvgIpc) is 2.77. The van der Waals surface area contributed by atoms with Crippen LogP contribution in [0.2, 0.25) is 5.02 Å². The van der Waals surface area contributed by atoms with E-state index in [1.165, 1.54) is 0 Å². The number of hydrogen-bond acceptors (Lipinski definition) is 2. The third-order valence-corrected chi connectivity index (χ3v) is 3.94. The first-order chi connectivity index (χ1) is 9.59. The third-order valence-electron chi connectivity index (χ3n) is 3.04. The molecule has 0 saturated carbocycles. The van der Waals surface area contributed by atoms with Gasteiger partial charge < -0.3 is 0 Å². The van der Waals surface area contributed by atoms with Gasteiger partial charge in [0.05, 0.1) is 5.71 Å². The second-order valence-electron chi connectivity index (χ2n) is 4.34. The molecule has 2 aromatic rings. The number of alkyl halides is 1. The maximum atomic E-state index is 6.70. The number of halogens is 3. The van der Waals surface area contributed by atoms with E-state index in [0.717, 1.165) is 11.1 Å². The smallest absolute Gasteiger partial charge is 0.220 e. The predicted molar refractivity (Wildman–Crippen MR) is 85.3 cm³/mol. The Labute approximate surface area is 131 Å². The summed E-state index contributed by atoms with van der Waals surface area (Å²) in [6.07, 6.45) is 0. The number of rotatable bonds is 2. The summed E-state index contributed by atoms with van der Waals surface area (Å²) in [4.78, 5) is 7.45. The molecule has 0 N–H and O–H groups in total. The van der Waals surface area contributed by atoms with Crippen molar-refractivity contribution in [1.82, 2.24) is 0 Å². The molecular formula is C15H9Cl3N2. The lowest BCUT2D eigenvalue weighted by Gasteiger charge is -2.21. The van der Waals surface area contributed by atoms with Crippen LogP contribution in [0.3, 0.4) is 0 Å². The van der Waals surface area contributed by atoms with E-state index in [2.05, 4.69) is 9.98 Å². The molecule has 100 valence electrons. The zero-order valence-electron chi connectivity index (χ0n) is 10.2. The highest BCUT2D eigenvalue weighted by Crippen LogP contribution is 2.39. The summed E-state index contributed by atoms with van der Waals surface area (Å²) in [5, 5.41) is 0.786. The molecular weight excluding hydrogens is 315 g/mol. The molecule has 0 fully saturated rings. The van der Waals surface area contributed by atoms with E-state index in [-0.39, 0.29) is 5.29 Å². The second-order valence-corrected chi connectivity index (χ2v) is 5.66. The molecule has 0 amide bonds. The summed E-state index contributed by atoms with van der Waals surface area (Å²) >= 11 is 18.6. The van der Waals surface area contributed by atoms with Gasteiger partial charge in [0.2, 0.25) is 10.3 Å². The van der Waals surface area contributed by atoms with Crippen LogP contribution in [0.25, 0.3) is 0 Å². The third kappa shape index (κ3) is 2.35. The fourth-order valence-electron chi connectivity index (χ4n) is 2.10. The van der Waals surface area contributed by atoms with Gasteiger partial charge in [-0.05, 0) is 23.7 Å². The Bertz CT molecular complexity index is 693. The van der Waals surface area contributed by atoms with Gasteiger partial charge in [-0.1, -0.05) is 65.7 Å². The van der Waals surface area contributed by atoms with Crippen molar-refractivity contribution in [1.29, 1.82) is 0 Å². The first-order valence-corrected chi connectivity index (χ1v) is 7.08. The molecule has 0 radical (unpaired) electrons. The molecule has 0 aliphatic carbocycles. The molecule has 0 saturated heterocycles. The number of aliphatic imine (C=N–C) groups is 2. The average molecular weight is 324 g/mol. The van der Waals surface area contributed by atoms with Crippen LogP contribution in [-0.2, 0) is 5.00 Å². The van der Waals surface area contributed by atoms with Gasteiger partial charge in [0.1, 0.15) is 0 Å². The maximum absolute atomic E-state index is 6.70. The van der Waals surface area contributed by atoms with Crippen molar-refractivity contribution in [2.75, 3.05) is 0 Å². The van der Waals surface area contributed by atoms with Gasteiger partial charge in [-0.2, -0.15) is 0 Å². The van der Waals surface area contributed by atoms with E-state index < -0.39 is 5.00 Å². The monoisotopic (exact) mass is 322 g/mol. The highest BCUT2D eigenvalue weighted by atomic mass is 35.5. The zero-order chi connectivity index (χ0) is 14.2. The molecule has 1 heterocycles. The summed E-state index contributed by atoms with van der Waals surface area (Å²) in [5.41, 5.74) is 2.28. The van der Waals surface area contributed by atoms with Crippen molar-refractivity contribution in [2.45, 2.75) is 5.00 Å². The van der Waals surface area contributed by atoms with Crippen LogP contribution in [0.15, 0.2) is 64.6 Å². The zero-order valence-corrected chi connectivity index (χ0v) is 12.5. The molecule has 2 aromatic carbocycles. The van der Waals surface area contributed by atoms with Crippen molar-refractivity contribution < 1.29 is 0 Å². The minimum atomic E-state index is -1.11. The Morgan fingerprint density at radius 2 is 1.50 bits per heavy atom. The maximum Gasteiger partial charge on any atom is 0.220 e. The summed E-state index contributed by atoms with van der Waals surface area (Å²) in [6.45, 7) is 0. The second kappa shape index (κ2) is 5.21. The van der Waals surface area contributed by atoms with Gasteiger partial charge >= 0.3 is 0 Å². The lowest BCUT2D eigenvalue weighted by atomic mass is 9.97. The highest BCUT2D eigenvalue weighted by Gasteiger charge is 2.40. The van der Waals surface area contributed by atoms with E-state index in [0.29, 0.717) is 10.7 Å². The molecule has 20 heavy (non-hydrogen) atoms. The van der Waals surface area contributed by atoms with Crippen LogP contribution >= 0.6 is 34.8 Å². The quantitative estimate of drug-likeness (QED) is 0.558. The number of benzene rings is 2. The normalized spacial score (nSPS) is 21.6. The van der Waals surface area contributed by atoms with Crippen molar-refractivity contribution in [3.05, 3.63) is 70.7 Å². The molecule has 0 aromatic heterocycles. The number of nitrogens with zero attached hydrogens (tertiary/aromatic N) is 2. The Hall–Kier alpha value is -1.35. The molecule has 5 heteroatoms. The largest absolute Gasteiger partial charge is 0.221 e. The first-order valence-electron chi connectivity index (χ1n) is 5.94. The standard InChI is InChI=1S/C15H9Cl3N2/c16-12-8-6-11(7-9-12)15(18)13(19-14(17)20-15)10-4-2-1-3-5-10/h1-9H. The molecule has 1 aliphatic rings. The van der Waals surface area contributed by atoms with Crippen LogP contribution in [0.5, 0.6) is 0 Å². The minimum Gasteiger partial charge on any atom is -0.221 e. The van der Waals surface area contributed by atoms with Crippen LogP contribution < -0.4 is 0 Å². The number of hydrogen-bond donors (Lipinski definition) is 0. The summed E-state index contributed by atoms with van der Waals surface area (Å²) < 4.78 is 0. The fraction of sp³-hybridized carbons (Fsp3) is 0.0667. The fourth-order valence-corrected chi connectivity index (χ4v) is 2.83. The molecule has 1 atom stereocenters. The Kier molecular flexibility index (Phi) is 3.55. The van der Waals surface area contributed by atoms with E-state index >= 15 is 0 Å². The Morgan fingerprint density at radius 1 is 0.850 bits per heavy atom. The van der Waals surface area contributed by atoms with Crippen molar-refractivity contribution >= 4 is 45.8 Å². The molecule has 0 spiro atoms. The van der Waals surface area contributed by atoms with Gasteiger partial charge in [0.25, 0.3) is 0 Å². The summed E-state index contributed by atoms with van der Waals surface area (Å²) in [6, 6.07) is 16.8. The summed E-state index contributed by atoms with van der Waals surface area (Å²) in [5.74, 6) is 0. The highest BCUT2D eigenvalue weighted by molar-refractivity contribution is 6.67. The topological polar surface area (TPSA) is 24.7 Å². The van der Waals surface area contributed by atoms with Gasteiger partial charge in [-0.25, -0.2) is 9.98 Å². The van der Waals surface area contributed by atoms with Crippen molar-refractivity contribution in [2.24, 2.45) is 9.98 Å². The van der Waals surface area contributed by atoms with Crippen molar-refractivity contribution in [3.8, 4) is 0 Å². The Balaban J connectivity index is 2.11. The first kappa shape index (κ1) is 13.6. The van der Waals surface area contributed by atoms with E-state index in [9.17, 15) is 0 Å². The Morgan fingerprint density at radius 3 is 2.15 bits per heavy atom. The van der Waals surface area contributed by atoms with E-state index in [1.54, 1.807) is 12.1 Å². The van der Waals surface area contributed by atoms with Gasteiger partial charge in [-0.3, -0.25) is 0 Å². The van der Waals surface area contributed by atoms with Crippen LogP contribution in [0, 0.1) is 0 Å². The molecule has 3 rings (SSSR count). The molecule has 2 nitrogen and oxygen atoms in total. The van der Waals surface area contributed by atoms with Crippen LogP contribution in [-0.4, -0.2) is 11.0 Å². The number of amidine groups is 1.